The summed E-state index contributed by atoms with van der Waals surface area (Å²) >= 11 is 2.10. The Hall–Kier alpha value is -1.80. The number of carboxylic acids is 1. The van der Waals surface area contributed by atoms with Crippen LogP contribution in [0.1, 0.15) is 51.4 Å². The molecule has 8 heteroatoms. The molecule has 6 nitrogen and oxygen atoms in total. The highest BCUT2D eigenvalue weighted by atomic mass is 32.1. The van der Waals surface area contributed by atoms with Gasteiger partial charge in [-0.1, -0.05) is 25.3 Å². The molecular formula is C13H15N3O3S2. The van der Waals surface area contributed by atoms with Gasteiger partial charge in [-0.3, -0.25) is 4.79 Å². The van der Waals surface area contributed by atoms with Gasteiger partial charge in [0.2, 0.25) is 0 Å². The molecule has 0 aromatic carbocycles. The standard InChI is InChI=1S/C13H15N3O3S2/c1-6-5-20-8(12(18)19)7(6)14-11(17)9-10(13(2,3)4)15-16-21-9/h5H,1-4H3,(H,14,17)(H,18,19). The average Bonchev–Trinajstić information content (AvgIpc) is 2.96. The Kier molecular flexibility index (Phi) is 4.11. The number of anilines is 1. The van der Waals surface area contributed by atoms with Crippen molar-refractivity contribution in [2.45, 2.75) is 33.1 Å². The van der Waals surface area contributed by atoms with E-state index in [0.29, 0.717) is 16.3 Å². The molecule has 2 N–H and O–H groups in total. The molecule has 0 saturated carbocycles. The monoisotopic (exact) mass is 325 g/mol. The van der Waals surface area contributed by atoms with Crippen LogP contribution in [0.5, 0.6) is 0 Å². The Balaban J connectivity index is 2.34. The van der Waals surface area contributed by atoms with Gasteiger partial charge in [0.05, 0.1) is 11.4 Å². The number of amides is 1. The van der Waals surface area contributed by atoms with Crippen molar-refractivity contribution in [2.75, 3.05) is 5.32 Å². The molecule has 0 atom stereocenters. The number of hydrogen-bond donors (Lipinski definition) is 2. The van der Waals surface area contributed by atoms with Crippen LogP contribution >= 0.6 is 22.9 Å². The molecule has 0 saturated heterocycles. The third-order valence-corrected chi connectivity index (χ3v) is 4.62. The molecule has 0 aliphatic carbocycles. The van der Waals surface area contributed by atoms with Crippen LogP contribution in [0.4, 0.5) is 5.69 Å². The Morgan fingerprint density at radius 2 is 1.95 bits per heavy atom. The van der Waals surface area contributed by atoms with Crippen molar-refractivity contribution in [2.24, 2.45) is 0 Å². The van der Waals surface area contributed by atoms with Gasteiger partial charge in [-0.25, -0.2) is 4.79 Å². The summed E-state index contributed by atoms with van der Waals surface area (Å²) in [6.07, 6.45) is 0. The summed E-state index contributed by atoms with van der Waals surface area (Å²) in [6.45, 7) is 7.59. The second-order valence-corrected chi connectivity index (χ2v) is 7.22. The molecule has 0 unspecified atom stereocenters. The number of aryl methyl sites for hydroxylation is 1. The number of carboxylic acid groups (broad SMARTS) is 1. The minimum Gasteiger partial charge on any atom is -0.477 e. The van der Waals surface area contributed by atoms with Crippen LogP contribution in [0.15, 0.2) is 5.38 Å². The minimum atomic E-state index is -1.05. The van der Waals surface area contributed by atoms with Crippen molar-refractivity contribution in [3.8, 4) is 0 Å². The molecule has 1 amide bonds. The highest BCUT2D eigenvalue weighted by Crippen LogP contribution is 2.30. The quantitative estimate of drug-likeness (QED) is 0.904. The van der Waals surface area contributed by atoms with Crippen LogP contribution in [-0.4, -0.2) is 26.6 Å². The SMILES string of the molecule is Cc1csc(C(=O)O)c1NC(=O)c1snnc1C(C)(C)C. The third kappa shape index (κ3) is 3.11. The first-order valence-corrected chi connectivity index (χ1v) is 7.82. The number of thiophene rings is 1. The summed E-state index contributed by atoms with van der Waals surface area (Å²) in [7, 11) is 0. The zero-order valence-corrected chi connectivity index (χ0v) is 13.7. The third-order valence-electron chi connectivity index (χ3n) is 2.81. The fraction of sp³-hybridized carbons (Fsp3) is 0.385. The molecule has 2 heterocycles. The van der Waals surface area contributed by atoms with Gasteiger partial charge >= 0.3 is 5.97 Å². The largest absolute Gasteiger partial charge is 0.477 e. The van der Waals surface area contributed by atoms with Gasteiger partial charge in [-0.2, -0.15) is 0 Å². The number of nitrogens with one attached hydrogen (secondary N) is 1. The number of hydrogen-bond acceptors (Lipinski definition) is 6. The Bertz CT molecular complexity index is 698. The van der Waals surface area contributed by atoms with E-state index in [9.17, 15) is 9.59 Å². The summed E-state index contributed by atoms with van der Waals surface area (Å²) in [4.78, 5) is 24.1. The van der Waals surface area contributed by atoms with Crippen molar-refractivity contribution < 1.29 is 14.7 Å². The van der Waals surface area contributed by atoms with E-state index < -0.39 is 5.97 Å². The maximum absolute atomic E-state index is 12.4. The molecule has 2 aromatic rings. The van der Waals surface area contributed by atoms with Crippen LogP contribution in [0, 0.1) is 6.92 Å². The van der Waals surface area contributed by atoms with Gasteiger partial charge < -0.3 is 10.4 Å². The zero-order chi connectivity index (χ0) is 15.8. The van der Waals surface area contributed by atoms with Crippen molar-refractivity contribution in [3.63, 3.8) is 0 Å². The first-order chi connectivity index (χ1) is 9.71. The number of aromatic carboxylic acids is 1. The van der Waals surface area contributed by atoms with E-state index in [1.165, 1.54) is 0 Å². The molecule has 0 bridgehead atoms. The lowest BCUT2D eigenvalue weighted by Crippen LogP contribution is -2.20. The maximum Gasteiger partial charge on any atom is 0.348 e. The van der Waals surface area contributed by atoms with Crippen molar-refractivity contribution in [1.82, 2.24) is 9.59 Å². The fourth-order valence-corrected chi connectivity index (χ4v) is 3.37. The molecule has 0 radical (unpaired) electrons. The predicted molar refractivity (Wildman–Crippen MR) is 82.6 cm³/mol. The maximum atomic E-state index is 12.4. The molecule has 0 spiro atoms. The van der Waals surface area contributed by atoms with Crippen LogP contribution in [0.2, 0.25) is 0 Å². The number of nitrogens with zero attached hydrogens (tertiary/aromatic N) is 2. The summed E-state index contributed by atoms with van der Waals surface area (Å²) in [5.74, 6) is -1.43. The van der Waals surface area contributed by atoms with Crippen molar-refractivity contribution in [1.29, 1.82) is 0 Å². The molecule has 2 aromatic heterocycles. The van der Waals surface area contributed by atoms with Crippen molar-refractivity contribution in [3.05, 3.63) is 26.4 Å². The summed E-state index contributed by atoms with van der Waals surface area (Å²) in [6, 6.07) is 0. The van der Waals surface area contributed by atoms with Crippen LogP contribution in [0.3, 0.4) is 0 Å². The number of rotatable bonds is 3. The molecular weight excluding hydrogens is 310 g/mol. The van der Waals surface area contributed by atoms with Crippen LogP contribution in [0.25, 0.3) is 0 Å². The predicted octanol–water partition coefficient (Wildman–Crippen LogP) is 3.16. The average molecular weight is 325 g/mol. The second kappa shape index (κ2) is 5.53. The Morgan fingerprint density at radius 3 is 2.52 bits per heavy atom. The number of carbonyl (C=O) groups excluding carboxylic acids is 1. The van der Waals surface area contributed by atoms with E-state index in [2.05, 4.69) is 14.9 Å². The van der Waals surface area contributed by atoms with Crippen LogP contribution < -0.4 is 5.32 Å². The highest BCUT2D eigenvalue weighted by Gasteiger charge is 2.27. The second-order valence-electron chi connectivity index (χ2n) is 5.58. The summed E-state index contributed by atoms with van der Waals surface area (Å²) in [5.41, 5.74) is 1.36. The van der Waals surface area contributed by atoms with Gasteiger partial charge in [0, 0.05) is 5.41 Å². The van der Waals surface area contributed by atoms with Gasteiger partial charge in [-0.05, 0) is 29.4 Å². The van der Waals surface area contributed by atoms with E-state index in [1.54, 1.807) is 12.3 Å². The van der Waals surface area contributed by atoms with Gasteiger partial charge in [0.25, 0.3) is 5.91 Å². The first-order valence-electron chi connectivity index (χ1n) is 6.17. The van der Waals surface area contributed by atoms with Gasteiger partial charge in [-0.15, -0.1) is 16.4 Å². The molecule has 0 fully saturated rings. The zero-order valence-electron chi connectivity index (χ0n) is 12.1. The topological polar surface area (TPSA) is 92.2 Å². The molecule has 112 valence electrons. The first kappa shape index (κ1) is 15.6. The van der Waals surface area contributed by atoms with E-state index in [0.717, 1.165) is 28.4 Å². The Morgan fingerprint density at radius 1 is 1.29 bits per heavy atom. The molecule has 2 rings (SSSR count). The van der Waals surface area contributed by atoms with Gasteiger partial charge in [0.1, 0.15) is 9.75 Å². The van der Waals surface area contributed by atoms with Gasteiger partial charge in [0.15, 0.2) is 0 Å². The Labute approximate surface area is 130 Å². The molecule has 21 heavy (non-hydrogen) atoms. The molecule has 0 aliphatic heterocycles. The lowest BCUT2D eigenvalue weighted by Gasteiger charge is -2.16. The van der Waals surface area contributed by atoms with E-state index >= 15 is 0 Å². The number of carbonyl (C=O) groups is 2. The van der Waals surface area contributed by atoms with E-state index in [1.807, 2.05) is 20.8 Å². The lowest BCUT2D eigenvalue weighted by atomic mass is 9.91. The van der Waals surface area contributed by atoms with Crippen molar-refractivity contribution >= 4 is 40.4 Å². The molecule has 0 aliphatic rings. The summed E-state index contributed by atoms with van der Waals surface area (Å²) in [5, 5.41) is 17.5. The smallest absolute Gasteiger partial charge is 0.348 e. The lowest BCUT2D eigenvalue weighted by molar-refractivity contribution is 0.0703. The summed E-state index contributed by atoms with van der Waals surface area (Å²) < 4.78 is 3.84. The van der Waals surface area contributed by atoms with E-state index in [-0.39, 0.29) is 16.2 Å². The van der Waals surface area contributed by atoms with Crippen LogP contribution in [-0.2, 0) is 5.41 Å². The normalized spacial score (nSPS) is 11.4. The fourth-order valence-electron chi connectivity index (χ4n) is 1.76. The number of aromatic nitrogens is 2. The van der Waals surface area contributed by atoms with E-state index in [4.69, 9.17) is 5.11 Å². The minimum absolute atomic E-state index is 0.121. The highest BCUT2D eigenvalue weighted by molar-refractivity contribution is 7.12.